The second-order valence-electron chi connectivity index (χ2n) is 7.61. The number of nitrogen functional groups attached to an aromatic ring is 1. The Morgan fingerprint density at radius 2 is 1.88 bits per heavy atom. The molecule has 1 amide bonds. The number of hydrogen-bond acceptors (Lipinski definition) is 8. The average molecular weight is 476 g/mol. The zero-order chi connectivity index (χ0) is 26.9. The molecule has 2 rings (SSSR count). The summed E-state index contributed by atoms with van der Waals surface area (Å²) in [5.41, 5.74) is 6.68. The lowest BCUT2D eigenvalue weighted by Gasteiger charge is -2.28. The maximum atomic E-state index is 12.0. The Morgan fingerprint density at radius 1 is 1.32 bits per heavy atom. The van der Waals surface area contributed by atoms with Gasteiger partial charge in [-0.3, -0.25) is 14.2 Å². The minimum absolute atomic E-state index is 0.0607. The van der Waals surface area contributed by atoms with E-state index in [1.807, 2.05) is 32.8 Å². The molecule has 0 bridgehead atoms. The molecular formula is C24H37N5O5. The molecule has 3 N–H and O–H groups in total. The van der Waals surface area contributed by atoms with Gasteiger partial charge in [-0.05, 0) is 44.9 Å². The van der Waals surface area contributed by atoms with Crippen LogP contribution in [0.5, 0.6) is 0 Å². The molecule has 0 aliphatic rings. The number of aryl methyl sites for hydroxylation is 2. The Morgan fingerprint density at radius 3 is 2.32 bits per heavy atom. The van der Waals surface area contributed by atoms with Crippen LogP contribution in [0.4, 0.5) is 5.69 Å². The van der Waals surface area contributed by atoms with Gasteiger partial charge in [0.25, 0.3) is 5.56 Å². The number of carbonyl (C=O) groups is 2. The Hall–Kier alpha value is -3.55. The largest absolute Gasteiger partial charge is 0.398 e. The normalized spacial score (nSPS) is 11.0. The molecule has 10 nitrogen and oxygen atoms in total. The second kappa shape index (κ2) is 17.0. The van der Waals surface area contributed by atoms with Crippen LogP contribution in [0.2, 0.25) is 0 Å². The number of methoxy groups -OCH3 is 1. The molecule has 0 saturated heterocycles. The fraction of sp³-hybridized carbons (Fsp3) is 0.458. The average Bonchev–Trinajstić information content (AvgIpc) is 2.80. The number of rotatable bonds is 5. The molecule has 2 aromatic rings. The van der Waals surface area contributed by atoms with E-state index in [2.05, 4.69) is 9.72 Å². The highest BCUT2D eigenvalue weighted by Crippen LogP contribution is 2.11. The van der Waals surface area contributed by atoms with E-state index in [0.717, 1.165) is 5.56 Å². The Kier molecular flexibility index (Phi) is 16.3. The van der Waals surface area contributed by atoms with Crippen molar-refractivity contribution in [3.05, 3.63) is 57.8 Å². The van der Waals surface area contributed by atoms with E-state index >= 15 is 0 Å². The first-order valence-corrected chi connectivity index (χ1v) is 10.4. The fourth-order valence-corrected chi connectivity index (χ4v) is 2.40. The first-order valence-electron chi connectivity index (χ1n) is 10.4. The van der Waals surface area contributed by atoms with Gasteiger partial charge < -0.3 is 25.3 Å². The molecule has 0 fully saturated rings. The fourth-order valence-electron chi connectivity index (χ4n) is 2.40. The van der Waals surface area contributed by atoms with Crippen LogP contribution in [-0.4, -0.2) is 65.7 Å². The molecule has 1 atom stereocenters. The molecule has 188 valence electrons. The molecule has 1 unspecified atom stereocenters. The number of nitrogens with two attached hydrogens (primary N) is 1. The van der Waals surface area contributed by atoms with E-state index in [-0.39, 0.29) is 24.6 Å². The first kappa shape index (κ1) is 32.6. The third-order valence-electron chi connectivity index (χ3n) is 4.60. The predicted molar refractivity (Wildman–Crippen MR) is 132 cm³/mol. The van der Waals surface area contributed by atoms with E-state index < -0.39 is 5.60 Å². The number of likely N-dealkylation sites (N-methyl/N-ethyl adjacent to an activating group) is 1. The highest BCUT2D eigenvalue weighted by molar-refractivity contribution is 5.75. The molecule has 10 heteroatoms. The number of aliphatic hydroxyl groups is 1. The van der Waals surface area contributed by atoms with E-state index in [0.29, 0.717) is 23.5 Å². The van der Waals surface area contributed by atoms with Crippen molar-refractivity contribution >= 4 is 18.4 Å². The van der Waals surface area contributed by atoms with Crippen molar-refractivity contribution in [1.82, 2.24) is 14.5 Å². The van der Waals surface area contributed by atoms with Crippen molar-refractivity contribution in [1.29, 1.82) is 5.26 Å². The SMILES string of the molecule is C=O.CCC(C)(O)CN(C)C(=O)Cn1c(C)nccc1=O.COC.Cc1ccc(C#N)cc1N. The van der Waals surface area contributed by atoms with Crippen LogP contribution in [0.1, 0.15) is 37.2 Å². The minimum atomic E-state index is -0.917. The van der Waals surface area contributed by atoms with Crippen LogP contribution < -0.4 is 11.3 Å². The van der Waals surface area contributed by atoms with Crippen LogP contribution >= 0.6 is 0 Å². The van der Waals surface area contributed by atoms with Crippen molar-refractivity contribution in [3.63, 3.8) is 0 Å². The van der Waals surface area contributed by atoms with Gasteiger partial charge in [0.1, 0.15) is 19.2 Å². The van der Waals surface area contributed by atoms with Crippen molar-refractivity contribution in [2.75, 3.05) is 33.5 Å². The number of ether oxygens (including phenoxy) is 1. The number of anilines is 1. The van der Waals surface area contributed by atoms with Gasteiger partial charge in [0.2, 0.25) is 5.91 Å². The summed E-state index contributed by atoms with van der Waals surface area (Å²) in [4.78, 5) is 37.1. The predicted octanol–water partition coefficient (Wildman–Crippen LogP) is 1.70. The quantitative estimate of drug-likeness (QED) is 0.620. The summed E-state index contributed by atoms with van der Waals surface area (Å²) in [6, 6.07) is 8.61. The molecule has 1 aromatic carbocycles. The van der Waals surface area contributed by atoms with E-state index in [4.69, 9.17) is 15.8 Å². The highest BCUT2D eigenvalue weighted by Gasteiger charge is 2.23. The number of nitrogens with zero attached hydrogens (tertiary/aromatic N) is 4. The number of benzene rings is 1. The Labute approximate surface area is 201 Å². The van der Waals surface area contributed by atoms with Crippen LogP contribution in [0, 0.1) is 25.2 Å². The van der Waals surface area contributed by atoms with Gasteiger partial charge in [-0.15, -0.1) is 0 Å². The molecule has 0 aliphatic heterocycles. The standard InChI is InChI=1S/C13H21N3O3.C8H8N2.C2H6O.CH2O/c1-5-13(3,19)9-15(4)12(18)8-16-10(2)14-7-6-11(16)17;1-6-2-3-7(5-9)4-8(6)10;1-3-2;1-2/h6-7,19H,5,8-9H2,1-4H3;2-4H,10H2,1H3;1-2H3;1H2. The van der Waals surface area contributed by atoms with E-state index in [9.17, 15) is 14.7 Å². The topological polar surface area (TPSA) is 152 Å². The molecule has 1 aromatic heterocycles. The lowest BCUT2D eigenvalue weighted by atomic mass is 10.0. The summed E-state index contributed by atoms with van der Waals surface area (Å²) in [5, 5.41) is 18.4. The van der Waals surface area contributed by atoms with Gasteiger partial charge in [0.15, 0.2) is 0 Å². The molecular weight excluding hydrogens is 438 g/mol. The van der Waals surface area contributed by atoms with Gasteiger partial charge in [-0.2, -0.15) is 5.26 Å². The monoisotopic (exact) mass is 475 g/mol. The van der Waals surface area contributed by atoms with Gasteiger partial charge in [-0.1, -0.05) is 13.0 Å². The number of aromatic nitrogens is 2. The van der Waals surface area contributed by atoms with Crippen LogP contribution in [-0.2, 0) is 20.9 Å². The first-order chi connectivity index (χ1) is 15.9. The van der Waals surface area contributed by atoms with E-state index in [1.54, 1.807) is 47.2 Å². The van der Waals surface area contributed by atoms with Gasteiger partial charge in [0, 0.05) is 45.8 Å². The number of hydrogen-bond donors (Lipinski definition) is 2. The summed E-state index contributed by atoms with van der Waals surface area (Å²) < 4.78 is 5.57. The van der Waals surface area contributed by atoms with Gasteiger partial charge in [0.05, 0.1) is 17.2 Å². The third kappa shape index (κ3) is 12.5. The molecule has 0 aliphatic carbocycles. The zero-order valence-corrected chi connectivity index (χ0v) is 21.2. The van der Waals surface area contributed by atoms with Crippen LogP contribution in [0.25, 0.3) is 0 Å². The van der Waals surface area contributed by atoms with Crippen molar-refractivity contribution in [2.45, 2.75) is 46.3 Å². The van der Waals surface area contributed by atoms with Gasteiger partial charge >= 0.3 is 0 Å². The molecule has 0 saturated carbocycles. The molecule has 34 heavy (non-hydrogen) atoms. The van der Waals surface area contributed by atoms with Crippen molar-refractivity contribution in [3.8, 4) is 6.07 Å². The Balaban J connectivity index is 0. The van der Waals surface area contributed by atoms with Gasteiger partial charge in [-0.25, -0.2) is 4.98 Å². The minimum Gasteiger partial charge on any atom is -0.398 e. The summed E-state index contributed by atoms with van der Waals surface area (Å²) >= 11 is 0. The number of amides is 1. The maximum absolute atomic E-state index is 12.0. The third-order valence-corrected chi connectivity index (χ3v) is 4.60. The Bertz CT molecular complexity index is 982. The number of carbonyl (C=O) groups excluding carboxylic acids is 2. The van der Waals surface area contributed by atoms with Crippen molar-refractivity contribution in [2.24, 2.45) is 0 Å². The summed E-state index contributed by atoms with van der Waals surface area (Å²) in [6.45, 7) is 9.30. The molecule has 1 heterocycles. The summed E-state index contributed by atoms with van der Waals surface area (Å²) in [7, 11) is 4.86. The maximum Gasteiger partial charge on any atom is 0.253 e. The summed E-state index contributed by atoms with van der Waals surface area (Å²) in [6.07, 6.45) is 1.97. The van der Waals surface area contributed by atoms with Crippen LogP contribution in [0.3, 0.4) is 0 Å². The summed E-state index contributed by atoms with van der Waals surface area (Å²) in [5.74, 6) is 0.267. The lowest BCUT2D eigenvalue weighted by Crippen LogP contribution is -2.43. The second-order valence-corrected chi connectivity index (χ2v) is 7.61. The number of nitriles is 1. The lowest BCUT2D eigenvalue weighted by molar-refractivity contribution is -0.133. The van der Waals surface area contributed by atoms with Crippen LogP contribution in [0.15, 0.2) is 35.3 Å². The molecule has 0 radical (unpaired) electrons. The van der Waals surface area contributed by atoms with Crippen molar-refractivity contribution < 1.29 is 19.4 Å². The molecule has 0 spiro atoms. The smallest absolute Gasteiger partial charge is 0.253 e. The highest BCUT2D eigenvalue weighted by atomic mass is 16.4. The zero-order valence-electron chi connectivity index (χ0n) is 21.2. The van der Waals surface area contributed by atoms with E-state index in [1.165, 1.54) is 21.7 Å².